The number of amides is 1. The summed E-state index contributed by atoms with van der Waals surface area (Å²) in [5.74, 6) is 0.238. The average Bonchev–Trinajstić information content (AvgIpc) is 2.78. The van der Waals surface area contributed by atoms with Crippen LogP contribution in [0.25, 0.3) is 11.1 Å². The van der Waals surface area contributed by atoms with Gasteiger partial charge in [-0.05, 0) is 55.4 Å². The molecule has 0 spiro atoms. The predicted octanol–water partition coefficient (Wildman–Crippen LogP) is 3.39. The molecule has 2 aliphatic heterocycles. The third kappa shape index (κ3) is 4.40. The Morgan fingerprint density at radius 2 is 1.55 bits per heavy atom. The van der Waals surface area contributed by atoms with Crippen molar-refractivity contribution < 1.29 is 13.2 Å². The van der Waals surface area contributed by atoms with Crippen molar-refractivity contribution in [1.29, 1.82) is 0 Å². The van der Waals surface area contributed by atoms with Gasteiger partial charge in [-0.15, -0.1) is 0 Å². The number of benzene rings is 2. The quantitative estimate of drug-likeness (QED) is 0.731. The first-order valence-electron chi connectivity index (χ1n) is 10.9. The van der Waals surface area contributed by atoms with Crippen LogP contribution in [0.2, 0.25) is 0 Å². The lowest BCUT2D eigenvalue weighted by atomic mass is 9.84. The van der Waals surface area contributed by atoms with E-state index >= 15 is 0 Å². The van der Waals surface area contributed by atoms with Crippen LogP contribution in [0.5, 0.6) is 0 Å². The van der Waals surface area contributed by atoms with Gasteiger partial charge in [-0.25, -0.2) is 0 Å². The average molecular weight is 442 g/mol. The number of likely N-dealkylation sites (tertiary alicyclic amines) is 1. The molecule has 0 unspecified atom stereocenters. The van der Waals surface area contributed by atoms with E-state index in [1.54, 1.807) is 18.4 Å². The second-order valence-electron chi connectivity index (χ2n) is 8.85. The van der Waals surface area contributed by atoms with Gasteiger partial charge < -0.3 is 4.90 Å². The fourth-order valence-electron chi connectivity index (χ4n) is 4.78. The number of hydrogen-bond acceptors (Lipinski definition) is 3. The van der Waals surface area contributed by atoms with Crippen LogP contribution < -0.4 is 0 Å². The minimum Gasteiger partial charge on any atom is -0.335 e. The lowest BCUT2D eigenvalue weighted by Gasteiger charge is -2.47. The van der Waals surface area contributed by atoms with Crippen LogP contribution in [0.3, 0.4) is 0 Å². The van der Waals surface area contributed by atoms with Gasteiger partial charge in [0.1, 0.15) is 0 Å². The van der Waals surface area contributed by atoms with Crippen LogP contribution >= 0.6 is 0 Å². The predicted molar refractivity (Wildman–Crippen MR) is 123 cm³/mol. The number of carbonyl (C=O) groups excluding carboxylic acids is 1. The van der Waals surface area contributed by atoms with Gasteiger partial charge in [0.05, 0.1) is 0 Å². The third-order valence-corrected chi connectivity index (χ3v) is 8.50. The summed E-state index contributed by atoms with van der Waals surface area (Å²) in [6.07, 6.45) is 2.55. The smallest absolute Gasteiger partial charge is 0.281 e. The topological polar surface area (TPSA) is 60.9 Å². The minimum absolute atomic E-state index is 0.0501. The number of nitrogens with zero attached hydrogens (tertiary/aromatic N) is 3. The fraction of sp³-hybridized carbons (Fsp3) is 0.458. The van der Waals surface area contributed by atoms with Crippen LogP contribution in [0, 0.1) is 12.8 Å². The van der Waals surface area contributed by atoms with Gasteiger partial charge in [-0.3, -0.25) is 4.79 Å². The summed E-state index contributed by atoms with van der Waals surface area (Å²) in [5, 5.41) is 0. The summed E-state index contributed by atoms with van der Waals surface area (Å²) in [7, 11) is -0.275. The molecule has 0 aliphatic carbocycles. The number of piperidine rings is 2. The van der Waals surface area contributed by atoms with Crippen molar-refractivity contribution in [1.82, 2.24) is 13.5 Å². The lowest BCUT2D eigenvalue weighted by Crippen LogP contribution is -2.57. The van der Waals surface area contributed by atoms with Crippen molar-refractivity contribution in [2.24, 2.45) is 5.92 Å². The summed E-state index contributed by atoms with van der Waals surface area (Å²) in [5.41, 5.74) is 4.15. The normalized spacial score (nSPS) is 22.4. The molecular formula is C24H31N3O3S. The minimum atomic E-state index is -3.41. The van der Waals surface area contributed by atoms with Crippen LogP contribution in [0.15, 0.2) is 48.5 Å². The monoisotopic (exact) mass is 441 g/mol. The van der Waals surface area contributed by atoms with E-state index in [0.717, 1.165) is 30.5 Å². The van der Waals surface area contributed by atoms with Gasteiger partial charge in [0.2, 0.25) is 0 Å². The first-order chi connectivity index (χ1) is 14.8. The second kappa shape index (κ2) is 8.73. The highest BCUT2D eigenvalue weighted by Crippen LogP contribution is 2.33. The van der Waals surface area contributed by atoms with E-state index in [9.17, 15) is 13.2 Å². The molecule has 2 saturated heterocycles. The highest BCUT2D eigenvalue weighted by Gasteiger charge is 2.41. The standard InChI is InChI=1S/C24H31N3O3S/c1-18-6-8-19(9-7-18)20-10-12-21(13-11-20)24(28)27-15-4-5-22-17-26(16-14-23(22)27)31(29,30)25(2)3/h6-13,22-23H,4-5,14-17H2,1-3H3/t22-,23+/m1/s1. The zero-order chi connectivity index (χ0) is 22.2. The Balaban J connectivity index is 1.48. The Morgan fingerprint density at radius 1 is 0.935 bits per heavy atom. The van der Waals surface area contributed by atoms with Gasteiger partial charge in [-0.2, -0.15) is 17.0 Å². The number of rotatable bonds is 4. The highest BCUT2D eigenvalue weighted by atomic mass is 32.2. The largest absolute Gasteiger partial charge is 0.335 e. The summed E-state index contributed by atoms with van der Waals surface area (Å²) >= 11 is 0. The summed E-state index contributed by atoms with van der Waals surface area (Å²) < 4.78 is 27.9. The van der Waals surface area contributed by atoms with E-state index in [0.29, 0.717) is 25.1 Å². The molecule has 4 rings (SSSR count). The molecule has 2 aliphatic rings. The molecular weight excluding hydrogens is 410 g/mol. The Labute approximate surface area is 185 Å². The van der Waals surface area contributed by atoms with Crippen molar-refractivity contribution in [2.75, 3.05) is 33.7 Å². The zero-order valence-electron chi connectivity index (χ0n) is 18.5. The Morgan fingerprint density at radius 3 is 2.16 bits per heavy atom. The molecule has 1 amide bonds. The first-order valence-corrected chi connectivity index (χ1v) is 12.3. The lowest BCUT2D eigenvalue weighted by molar-refractivity contribution is 0.0329. The van der Waals surface area contributed by atoms with Gasteiger partial charge in [0.15, 0.2) is 0 Å². The molecule has 2 aromatic rings. The molecule has 0 aromatic heterocycles. The summed E-state index contributed by atoms with van der Waals surface area (Å²) in [6, 6.07) is 16.3. The Bertz CT molecular complexity index is 1030. The van der Waals surface area contributed by atoms with E-state index in [2.05, 4.69) is 31.2 Å². The van der Waals surface area contributed by atoms with Gasteiger partial charge in [0, 0.05) is 45.3 Å². The first kappa shape index (κ1) is 22.0. The van der Waals surface area contributed by atoms with E-state index in [1.165, 1.54) is 9.87 Å². The number of hydrogen-bond donors (Lipinski definition) is 0. The van der Waals surface area contributed by atoms with E-state index in [4.69, 9.17) is 0 Å². The fourth-order valence-corrected chi connectivity index (χ4v) is 5.96. The molecule has 7 heteroatoms. The van der Waals surface area contributed by atoms with E-state index in [1.807, 2.05) is 29.2 Å². The van der Waals surface area contributed by atoms with Crippen LogP contribution in [-0.4, -0.2) is 67.6 Å². The van der Waals surface area contributed by atoms with Crippen LogP contribution in [0.1, 0.15) is 35.2 Å². The molecule has 2 fully saturated rings. The second-order valence-corrected chi connectivity index (χ2v) is 11.0. The molecule has 2 aromatic carbocycles. The maximum atomic E-state index is 13.3. The molecule has 0 bridgehead atoms. The third-order valence-electron chi connectivity index (χ3n) is 6.60. The van der Waals surface area contributed by atoms with Crippen molar-refractivity contribution in [3.63, 3.8) is 0 Å². The SMILES string of the molecule is Cc1ccc(-c2ccc(C(=O)N3CCC[C@@H]4CN(S(=O)(=O)N(C)C)CC[C@@H]43)cc2)cc1. The number of fused-ring (bicyclic) bond motifs is 1. The van der Waals surface area contributed by atoms with Crippen molar-refractivity contribution >= 4 is 16.1 Å². The molecule has 0 radical (unpaired) electrons. The van der Waals surface area contributed by atoms with Crippen molar-refractivity contribution in [3.05, 3.63) is 59.7 Å². The Kier molecular flexibility index (Phi) is 6.19. The number of aryl methyl sites for hydroxylation is 1. The highest BCUT2D eigenvalue weighted by molar-refractivity contribution is 7.86. The Hall–Kier alpha value is -2.22. The van der Waals surface area contributed by atoms with E-state index in [-0.39, 0.29) is 17.9 Å². The molecule has 0 saturated carbocycles. The maximum absolute atomic E-state index is 13.3. The molecule has 166 valence electrons. The molecule has 2 heterocycles. The van der Waals surface area contributed by atoms with Crippen LogP contribution in [0.4, 0.5) is 0 Å². The summed E-state index contributed by atoms with van der Waals surface area (Å²) in [6.45, 7) is 3.75. The van der Waals surface area contributed by atoms with Gasteiger partial charge in [0.25, 0.3) is 16.1 Å². The molecule has 6 nitrogen and oxygen atoms in total. The van der Waals surface area contributed by atoms with E-state index < -0.39 is 10.2 Å². The molecule has 31 heavy (non-hydrogen) atoms. The van der Waals surface area contributed by atoms with Gasteiger partial charge in [-0.1, -0.05) is 42.0 Å². The zero-order valence-corrected chi connectivity index (χ0v) is 19.3. The van der Waals surface area contributed by atoms with Crippen molar-refractivity contribution in [3.8, 4) is 11.1 Å². The molecule has 0 N–H and O–H groups in total. The maximum Gasteiger partial charge on any atom is 0.281 e. The van der Waals surface area contributed by atoms with Gasteiger partial charge >= 0.3 is 0 Å². The molecule has 2 atom stereocenters. The summed E-state index contributed by atoms with van der Waals surface area (Å²) in [4.78, 5) is 15.3. The number of carbonyl (C=O) groups is 1. The van der Waals surface area contributed by atoms with Crippen LogP contribution in [-0.2, 0) is 10.2 Å². The van der Waals surface area contributed by atoms with Crippen molar-refractivity contribution in [2.45, 2.75) is 32.2 Å².